The van der Waals surface area contributed by atoms with Gasteiger partial charge in [-0.1, -0.05) is 23.7 Å². The number of benzene rings is 1. The van der Waals surface area contributed by atoms with E-state index in [0.717, 1.165) is 36.1 Å². The summed E-state index contributed by atoms with van der Waals surface area (Å²) in [4.78, 5) is 3.65. The Hall–Kier alpha value is -0.650. The average Bonchev–Trinajstić information content (AvgIpc) is 2.90. The van der Waals surface area contributed by atoms with Gasteiger partial charge in [0.1, 0.15) is 5.82 Å². The maximum Gasteiger partial charge on any atom is 0.126 e. The predicted molar refractivity (Wildman–Crippen MR) is 94.0 cm³/mol. The third kappa shape index (κ3) is 3.81. The molecule has 0 unspecified atom stereocenters. The summed E-state index contributed by atoms with van der Waals surface area (Å²) in [7, 11) is 0. The van der Waals surface area contributed by atoms with Crippen molar-refractivity contribution in [3.8, 4) is 0 Å². The Morgan fingerprint density at radius 2 is 1.95 bits per heavy atom. The van der Waals surface area contributed by atoms with Crippen molar-refractivity contribution in [1.82, 2.24) is 10.2 Å². The third-order valence-electron chi connectivity index (χ3n) is 3.88. The lowest BCUT2D eigenvalue weighted by Gasteiger charge is -2.35. The zero-order valence-corrected chi connectivity index (χ0v) is 14.7. The molecule has 1 N–H and O–H groups in total. The topological polar surface area (TPSA) is 15.3 Å². The van der Waals surface area contributed by atoms with E-state index in [-0.39, 0.29) is 24.3 Å². The molecule has 1 aromatic carbocycles. The van der Waals surface area contributed by atoms with Gasteiger partial charge in [0.25, 0.3) is 0 Å². The minimum Gasteiger partial charge on any atom is -0.314 e. The zero-order valence-electron chi connectivity index (χ0n) is 12.3. The van der Waals surface area contributed by atoms with E-state index in [1.807, 2.05) is 25.1 Å². The number of aryl methyl sites for hydroxylation is 1. The van der Waals surface area contributed by atoms with Crippen LogP contribution in [0.25, 0.3) is 0 Å². The van der Waals surface area contributed by atoms with Crippen molar-refractivity contribution in [2.24, 2.45) is 0 Å². The average molecular weight is 361 g/mol. The minimum absolute atomic E-state index is 0. The maximum absolute atomic E-state index is 13.6. The molecular formula is C16H19Cl2FN2S. The molecule has 1 fully saturated rings. The maximum atomic E-state index is 13.6. The Labute approximate surface area is 145 Å². The number of rotatable bonds is 3. The molecule has 0 saturated carbocycles. The lowest BCUT2D eigenvalue weighted by atomic mass is 10.0. The lowest BCUT2D eigenvalue weighted by molar-refractivity contribution is 0.200. The Morgan fingerprint density at radius 1 is 1.23 bits per heavy atom. The Balaban J connectivity index is 0.00000176. The minimum atomic E-state index is -0.151. The molecule has 2 heterocycles. The number of halogens is 3. The first-order valence-corrected chi connectivity index (χ1v) is 8.30. The molecule has 1 aliphatic heterocycles. The van der Waals surface area contributed by atoms with E-state index in [4.69, 9.17) is 11.6 Å². The monoisotopic (exact) mass is 360 g/mol. The van der Waals surface area contributed by atoms with Crippen LogP contribution in [0, 0.1) is 12.7 Å². The van der Waals surface area contributed by atoms with Crippen LogP contribution in [0.1, 0.15) is 22.0 Å². The van der Waals surface area contributed by atoms with Crippen LogP contribution >= 0.6 is 35.3 Å². The predicted octanol–water partition coefficient (Wildman–Crippen LogP) is 4.27. The molecule has 1 aliphatic rings. The summed E-state index contributed by atoms with van der Waals surface area (Å²) in [5, 5.41) is 3.37. The molecule has 3 rings (SSSR count). The van der Waals surface area contributed by atoms with E-state index >= 15 is 0 Å². The standard InChI is InChI=1S/C16H18ClFN2S.ClH/c1-11-10-12(2-3-13(11)18)16(14-4-5-15(17)21-14)20-8-6-19-7-9-20;/h2-5,10,16,19H,6-9H2,1H3;1H/t16-;/m0./s1. The molecule has 22 heavy (non-hydrogen) atoms. The SMILES string of the molecule is Cc1cc([C@@H](c2ccc(Cl)s2)N2CCNCC2)ccc1F.Cl. The van der Waals surface area contributed by atoms with Crippen molar-refractivity contribution in [3.63, 3.8) is 0 Å². The van der Waals surface area contributed by atoms with E-state index in [1.165, 1.54) is 4.88 Å². The summed E-state index contributed by atoms with van der Waals surface area (Å²) in [5.74, 6) is -0.151. The summed E-state index contributed by atoms with van der Waals surface area (Å²) in [6, 6.07) is 9.59. The lowest BCUT2D eigenvalue weighted by Crippen LogP contribution is -2.45. The largest absolute Gasteiger partial charge is 0.314 e. The molecule has 0 bridgehead atoms. The molecule has 0 spiro atoms. The smallest absolute Gasteiger partial charge is 0.126 e. The second kappa shape index (κ2) is 7.75. The number of thiophene rings is 1. The van der Waals surface area contributed by atoms with Gasteiger partial charge < -0.3 is 5.32 Å². The van der Waals surface area contributed by atoms with Gasteiger partial charge in [0, 0.05) is 31.1 Å². The Morgan fingerprint density at radius 3 is 2.55 bits per heavy atom. The molecule has 0 radical (unpaired) electrons. The summed E-state index contributed by atoms with van der Waals surface area (Å²) in [5.41, 5.74) is 1.82. The summed E-state index contributed by atoms with van der Waals surface area (Å²) in [6.07, 6.45) is 0. The van der Waals surface area contributed by atoms with Crippen LogP contribution in [-0.2, 0) is 0 Å². The van der Waals surface area contributed by atoms with Crippen LogP contribution in [0.2, 0.25) is 4.34 Å². The summed E-state index contributed by atoms with van der Waals surface area (Å²) >= 11 is 7.72. The second-order valence-electron chi connectivity index (χ2n) is 5.34. The highest BCUT2D eigenvalue weighted by atomic mass is 35.5. The fourth-order valence-corrected chi connectivity index (χ4v) is 4.03. The van der Waals surface area contributed by atoms with Crippen molar-refractivity contribution in [2.45, 2.75) is 13.0 Å². The fraction of sp³-hybridized carbons (Fsp3) is 0.375. The second-order valence-corrected chi connectivity index (χ2v) is 7.09. The zero-order chi connectivity index (χ0) is 14.8. The van der Waals surface area contributed by atoms with Gasteiger partial charge in [0.05, 0.1) is 10.4 Å². The van der Waals surface area contributed by atoms with Gasteiger partial charge in [-0.2, -0.15) is 0 Å². The normalized spacial score (nSPS) is 17.0. The highest BCUT2D eigenvalue weighted by molar-refractivity contribution is 7.16. The summed E-state index contributed by atoms with van der Waals surface area (Å²) < 4.78 is 14.4. The van der Waals surface area contributed by atoms with Crippen molar-refractivity contribution in [3.05, 3.63) is 56.5 Å². The van der Waals surface area contributed by atoms with Crippen LogP contribution in [-0.4, -0.2) is 31.1 Å². The number of piperazine rings is 1. The fourth-order valence-electron chi connectivity index (χ4n) is 2.81. The van der Waals surface area contributed by atoms with Crippen LogP contribution in [0.15, 0.2) is 30.3 Å². The van der Waals surface area contributed by atoms with Crippen molar-refractivity contribution in [1.29, 1.82) is 0 Å². The van der Waals surface area contributed by atoms with Gasteiger partial charge >= 0.3 is 0 Å². The first kappa shape index (κ1) is 17.7. The molecular weight excluding hydrogens is 342 g/mol. The molecule has 0 amide bonds. The van der Waals surface area contributed by atoms with Gasteiger partial charge in [-0.05, 0) is 36.2 Å². The van der Waals surface area contributed by atoms with Crippen molar-refractivity contribution < 1.29 is 4.39 Å². The van der Waals surface area contributed by atoms with Gasteiger partial charge in [0.2, 0.25) is 0 Å². The molecule has 2 nitrogen and oxygen atoms in total. The molecule has 120 valence electrons. The highest BCUT2D eigenvalue weighted by Gasteiger charge is 2.25. The van der Waals surface area contributed by atoms with Gasteiger partial charge in [-0.25, -0.2) is 4.39 Å². The van der Waals surface area contributed by atoms with E-state index in [2.05, 4.69) is 16.3 Å². The molecule has 2 aromatic rings. The highest BCUT2D eigenvalue weighted by Crippen LogP contribution is 2.35. The van der Waals surface area contributed by atoms with Crippen LogP contribution in [0.4, 0.5) is 4.39 Å². The number of hydrogen-bond donors (Lipinski definition) is 1. The van der Waals surface area contributed by atoms with E-state index in [0.29, 0.717) is 5.56 Å². The Kier molecular flexibility index (Phi) is 6.24. The summed E-state index contributed by atoms with van der Waals surface area (Å²) in [6.45, 7) is 5.74. The number of nitrogens with one attached hydrogen (secondary N) is 1. The van der Waals surface area contributed by atoms with Crippen LogP contribution < -0.4 is 5.32 Å². The van der Waals surface area contributed by atoms with Crippen LogP contribution in [0.5, 0.6) is 0 Å². The molecule has 6 heteroatoms. The van der Waals surface area contributed by atoms with Gasteiger partial charge in [0.15, 0.2) is 0 Å². The first-order chi connectivity index (χ1) is 10.1. The number of nitrogens with zero attached hydrogens (tertiary/aromatic N) is 1. The Bertz CT molecular complexity index is 626. The number of hydrogen-bond acceptors (Lipinski definition) is 3. The van der Waals surface area contributed by atoms with Crippen LogP contribution in [0.3, 0.4) is 0 Å². The molecule has 1 saturated heterocycles. The van der Waals surface area contributed by atoms with Crippen molar-refractivity contribution in [2.75, 3.05) is 26.2 Å². The van der Waals surface area contributed by atoms with E-state index < -0.39 is 0 Å². The third-order valence-corrected chi connectivity index (χ3v) is 5.16. The van der Waals surface area contributed by atoms with Gasteiger partial charge in [-0.3, -0.25) is 4.90 Å². The molecule has 1 atom stereocenters. The molecule has 1 aromatic heterocycles. The molecule has 0 aliphatic carbocycles. The van der Waals surface area contributed by atoms with E-state index in [9.17, 15) is 4.39 Å². The first-order valence-electron chi connectivity index (χ1n) is 7.11. The quantitative estimate of drug-likeness (QED) is 0.879. The van der Waals surface area contributed by atoms with Gasteiger partial charge in [-0.15, -0.1) is 23.7 Å². The van der Waals surface area contributed by atoms with E-state index in [1.54, 1.807) is 17.4 Å². The van der Waals surface area contributed by atoms with Crippen molar-refractivity contribution >= 4 is 35.3 Å².